The molecule has 0 saturated carbocycles. The minimum atomic E-state index is -3.55. The van der Waals surface area contributed by atoms with Gasteiger partial charge in [0.05, 0.1) is 12.6 Å². The zero-order valence-electron chi connectivity index (χ0n) is 8.98. The minimum Gasteiger partial charge on any atom is -0.302 e. The van der Waals surface area contributed by atoms with Crippen molar-refractivity contribution in [3.05, 3.63) is 42.1 Å². The Morgan fingerprint density at radius 2 is 2.00 bits per heavy atom. The van der Waals surface area contributed by atoms with Crippen LogP contribution in [0.1, 0.15) is 5.56 Å². The van der Waals surface area contributed by atoms with Gasteiger partial charge in [-0.3, -0.25) is 4.31 Å². The van der Waals surface area contributed by atoms with Gasteiger partial charge in [-0.1, -0.05) is 30.3 Å². The number of hydrogen-bond donors (Lipinski definition) is 1. The van der Waals surface area contributed by atoms with Crippen molar-refractivity contribution in [1.29, 1.82) is 0 Å². The van der Waals surface area contributed by atoms with Gasteiger partial charge < -0.3 is 4.79 Å². The summed E-state index contributed by atoms with van der Waals surface area (Å²) >= 11 is 0. The number of benzene rings is 1. The van der Waals surface area contributed by atoms with E-state index in [0.29, 0.717) is 6.29 Å². The van der Waals surface area contributed by atoms with E-state index in [2.05, 4.69) is 4.72 Å². The molecule has 0 amide bonds. The molecule has 1 atom stereocenters. The van der Waals surface area contributed by atoms with Crippen LogP contribution in [0.25, 0.3) is 6.08 Å². The quantitative estimate of drug-likeness (QED) is 0.791. The number of carbonyl (C=O) groups excluding carboxylic acids is 1. The maximum absolute atomic E-state index is 11.6. The smallest absolute Gasteiger partial charge is 0.301 e. The predicted octanol–water partition coefficient (Wildman–Crippen LogP) is 0.375. The van der Waals surface area contributed by atoms with E-state index < -0.39 is 16.3 Å². The number of hydrogen-bond acceptors (Lipinski definition) is 3. The number of nitrogens with zero attached hydrogens (tertiary/aromatic N) is 1. The van der Waals surface area contributed by atoms with Crippen LogP contribution in [0.15, 0.2) is 36.5 Å². The van der Waals surface area contributed by atoms with Crippen molar-refractivity contribution in [2.45, 2.75) is 6.04 Å². The summed E-state index contributed by atoms with van der Waals surface area (Å²) in [7, 11) is -3.55. The molecule has 0 spiro atoms. The van der Waals surface area contributed by atoms with Crippen molar-refractivity contribution in [3.8, 4) is 0 Å². The molecule has 1 fully saturated rings. The molecule has 0 bridgehead atoms. The van der Waals surface area contributed by atoms with E-state index in [4.69, 9.17) is 0 Å². The summed E-state index contributed by atoms with van der Waals surface area (Å²) in [6.45, 7) is 0.134. The largest absolute Gasteiger partial charge is 0.302 e. The zero-order valence-corrected chi connectivity index (χ0v) is 9.80. The Bertz CT molecular complexity index is 525. The molecule has 1 unspecified atom stereocenters. The maximum Gasteiger partial charge on any atom is 0.301 e. The fourth-order valence-electron chi connectivity index (χ4n) is 1.53. The second-order valence-corrected chi connectivity index (χ2v) is 5.32. The first kappa shape index (κ1) is 11.8. The van der Waals surface area contributed by atoms with Gasteiger partial charge in [-0.25, -0.2) is 0 Å². The highest BCUT2D eigenvalue weighted by molar-refractivity contribution is 7.87. The Morgan fingerprint density at radius 1 is 1.29 bits per heavy atom. The Labute approximate surface area is 99.9 Å². The lowest BCUT2D eigenvalue weighted by molar-refractivity contribution is -0.109. The molecule has 1 N–H and O–H groups in total. The third-order valence-electron chi connectivity index (χ3n) is 2.38. The lowest BCUT2D eigenvalue weighted by Crippen LogP contribution is -2.28. The molecule has 1 saturated heterocycles. The zero-order chi connectivity index (χ0) is 12.3. The topological polar surface area (TPSA) is 66.5 Å². The Hall–Kier alpha value is -1.66. The van der Waals surface area contributed by atoms with Crippen LogP contribution >= 0.6 is 0 Å². The van der Waals surface area contributed by atoms with Crippen molar-refractivity contribution < 1.29 is 13.2 Å². The summed E-state index contributed by atoms with van der Waals surface area (Å²) in [5, 5.41) is 0. The summed E-state index contributed by atoms with van der Waals surface area (Å²) < 4.78 is 26.5. The van der Waals surface area contributed by atoms with Crippen LogP contribution in [0.5, 0.6) is 0 Å². The van der Waals surface area contributed by atoms with E-state index in [0.717, 1.165) is 9.87 Å². The molecule has 0 radical (unpaired) electrons. The van der Waals surface area contributed by atoms with Crippen LogP contribution in [-0.4, -0.2) is 31.6 Å². The first-order valence-electron chi connectivity index (χ1n) is 5.09. The van der Waals surface area contributed by atoms with Crippen molar-refractivity contribution in [3.63, 3.8) is 0 Å². The highest BCUT2D eigenvalue weighted by atomic mass is 32.2. The molecule has 1 aromatic carbocycles. The lowest BCUT2D eigenvalue weighted by Gasteiger charge is -2.08. The van der Waals surface area contributed by atoms with Gasteiger partial charge in [0.2, 0.25) is 0 Å². The van der Waals surface area contributed by atoms with Crippen molar-refractivity contribution in [1.82, 2.24) is 9.03 Å². The Balaban J connectivity index is 2.14. The standard InChI is InChI=1S/C11H12N2O3S/c14-9-11-8-13(17(15,16)12-11)7-6-10-4-2-1-3-5-10/h1-7,9,11-12H,8H2. The van der Waals surface area contributed by atoms with Crippen molar-refractivity contribution >= 4 is 22.6 Å². The molecule has 2 rings (SSSR count). The fraction of sp³-hybridized carbons (Fsp3) is 0.182. The van der Waals surface area contributed by atoms with E-state index in [1.807, 2.05) is 30.3 Å². The van der Waals surface area contributed by atoms with Gasteiger partial charge >= 0.3 is 10.2 Å². The third kappa shape index (κ3) is 2.72. The van der Waals surface area contributed by atoms with Gasteiger partial charge in [0.1, 0.15) is 6.29 Å². The summed E-state index contributed by atoms with van der Waals surface area (Å²) in [4.78, 5) is 10.5. The van der Waals surface area contributed by atoms with E-state index in [1.165, 1.54) is 6.20 Å². The molecule has 17 heavy (non-hydrogen) atoms. The van der Waals surface area contributed by atoms with Gasteiger partial charge in [-0.15, -0.1) is 0 Å². The number of rotatable bonds is 3. The molecule has 6 heteroatoms. The van der Waals surface area contributed by atoms with Crippen LogP contribution in [-0.2, 0) is 15.0 Å². The molecule has 5 nitrogen and oxygen atoms in total. The van der Waals surface area contributed by atoms with Crippen LogP contribution < -0.4 is 4.72 Å². The predicted molar refractivity (Wildman–Crippen MR) is 64.1 cm³/mol. The van der Waals surface area contributed by atoms with Crippen molar-refractivity contribution in [2.75, 3.05) is 6.54 Å². The molecule has 0 aliphatic carbocycles. The van der Waals surface area contributed by atoms with E-state index in [9.17, 15) is 13.2 Å². The van der Waals surface area contributed by atoms with E-state index in [1.54, 1.807) is 6.08 Å². The van der Waals surface area contributed by atoms with Crippen LogP contribution in [0.3, 0.4) is 0 Å². The molecule has 90 valence electrons. The highest BCUT2D eigenvalue weighted by Crippen LogP contribution is 2.11. The molecule has 1 aromatic rings. The number of nitrogens with one attached hydrogen (secondary N) is 1. The van der Waals surface area contributed by atoms with Crippen molar-refractivity contribution in [2.24, 2.45) is 0 Å². The van der Waals surface area contributed by atoms with Gasteiger partial charge in [-0.05, 0) is 11.6 Å². The molecular formula is C11H12N2O3S. The minimum absolute atomic E-state index is 0.134. The van der Waals surface area contributed by atoms with Gasteiger partial charge in [0.25, 0.3) is 0 Å². The third-order valence-corrected chi connectivity index (χ3v) is 3.87. The SMILES string of the molecule is O=CC1CN(C=Cc2ccccc2)S(=O)(=O)N1. The van der Waals surface area contributed by atoms with E-state index >= 15 is 0 Å². The molecule has 1 aliphatic rings. The van der Waals surface area contributed by atoms with Gasteiger partial charge in [0.15, 0.2) is 0 Å². The first-order chi connectivity index (χ1) is 8.12. The molecule has 0 aromatic heterocycles. The lowest BCUT2D eigenvalue weighted by atomic mass is 10.2. The monoisotopic (exact) mass is 252 g/mol. The average molecular weight is 252 g/mol. The Kier molecular flexibility index (Phi) is 3.26. The Morgan fingerprint density at radius 3 is 2.59 bits per heavy atom. The summed E-state index contributed by atoms with van der Waals surface area (Å²) in [5.41, 5.74) is 0.900. The summed E-state index contributed by atoms with van der Waals surface area (Å²) in [5.74, 6) is 0. The molecular weight excluding hydrogens is 240 g/mol. The maximum atomic E-state index is 11.6. The van der Waals surface area contributed by atoms with Gasteiger partial charge in [-0.2, -0.15) is 13.1 Å². The van der Waals surface area contributed by atoms with Gasteiger partial charge in [0, 0.05) is 6.20 Å². The van der Waals surface area contributed by atoms with Crippen LogP contribution in [0.4, 0.5) is 0 Å². The second-order valence-electron chi connectivity index (χ2n) is 3.66. The highest BCUT2D eigenvalue weighted by Gasteiger charge is 2.32. The molecule has 1 heterocycles. The number of aldehydes is 1. The summed E-state index contributed by atoms with van der Waals surface area (Å²) in [6.07, 6.45) is 3.74. The fourth-order valence-corrected chi connectivity index (χ4v) is 2.76. The number of carbonyl (C=O) groups is 1. The molecule has 1 aliphatic heterocycles. The summed E-state index contributed by atoms with van der Waals surface area (Å²) in [6, 6.07) is 8.68. The second kappa shape index (κ2) is 4.68. The van der Waals surface area contributed by atoms with Crippen LogP contribution in [0, 0.1) is 0 Å². The average Bonchev–Trinajstić information content (AvgIpc) is 2.63. The van der Waals surface area contributed by atoms with Crippen LogP contribution in [0.2, 0.25) is 0 Å². The normalized spacial score (nSPS) is 23.1. The first-order valence-corrected chi connectivity index (χ1v) is 6.53. The van der Waals surface area contributed by atoms with E-state index in [-0.39, 0.29) is 6.54 Å².